The molecule has 0 N–H and O–H groups in total. The predicted molar refractivity (Wildman–Crippen MR) is 68.9 cm³/mol. The highest BCUT2D eigenvalue weighted by molar-refractivity contribution is 8.00. The van der Waals surface area contributed by atoms with E-state index in [1.165, 1.54) is 55.9 Å². The Morgan fingerprint density at radius 2 is 2.44 bits per heavy atom. The van der Waals surface area contributed by atoms with E-state index in [4.69, 9.17) is 4.98 Å². The van der Waals surface area contributed by atoms with Gasteiger partial charge in [0.2, 0.25) is 0 Å². The van der Waals surface area contributed by atoms with E-state index in [-0.39, 0.29) is 0 Å². The van der Waals surface area contributed by atoms with Gasteiger partial charge in [-0.15, -0.1) is 0 Å². The highest BCUT2D eigenvalue weighted by Crippen LogP contribution is 2.29. The lowest BCUT2D eigenvalue weighted by Crippen LogP contribution is -2.17. The molecule has 1 aromatic heterocycles. The number of hydrogen-bond acceptors (Lipinski definition) is 2. The van der Waals surface area contributed by atoms with Crippen LogP contribution >= 0.6 is 11.8 Å². The second-order valence-electron chi connectivity index (χ2n) is 5.28. The van der Waals surface area contributed by atoms with Gasteiger partial charge in [0.15, 0.2) is 0 Å². The van der Waals surface area contributed by atoms with Crippen LogP contribution in [0.3, 0.4) is 0 Å². The van der Waals surface area contributed by atoms with Crippen LogP contribution in [-0.2, 0) is 19.4 Å². The van der Waals surface area contributed by atoms with E-state index in [1.54, 1.807) is 0 Å². The van der Waals surface area contributed by atoms with Crippen LogP contribution in [0.5, 0.6) is 0 Å². The van der Waals surface area contributed by atoms with Crippen molar-refractivity contribution >= 4 is 11.8 Å². The average Bonchev–Trinajstić information content (AvgIpc) is 2.86. The summed E-state index contributed by atoms with van der Waals surface area (Å²) in [6.45, 7) is 3.52. The summed E-state index contributed by atoms with van der Waals surface area (Å²) < 4.78 is 2.39. The predicted octanol–water partition coefficient (Wildman–Crippen LogP) is 2.90. The van der Waals surface area contributed by atoms with Crippen LogP contribution in [0, 0.1) is 5.92 Å². The molecule has 2 aliphatic rings. The van der Waals surface area contributed by atoms with Gasteiger partial charge in [0.25, 0.3) is 0 Å². The van der Waals surface area contributed by atoms with Crippen molar-refractivity contribution in [3.8, 4) is 0 Å². The Morgan fingerprint density at radius 1 is 1.50 bits per heavy atom. The Kier molecular flexibility index (Phi) is 2.97. The molecule has 1 aromatic rings. The third-order valence-corrected chi connectivity index (χ3v) is 5.14. The van der Waals surface area contributed by atoms with Gasteiger partial charge in [0.1, 0.15) is 5.82 Å². The summed E-state index contributed by atoms with van der Waals surface area (Å²) in [6.07, 6.45) is 8.79. The third-order valence-electron chi connectivity index (χ3n) is 3.74. The van der Waals surface area contributed by atoms with Gasteiger partial charge in [-0.25, -0.2) is 4.98 Å². The summed E-state index contributed by atoms with van der Waals surface area (Å²) >= 11 is 2.13. The van der Waals surface area contributed by atoms with E-state index in [1.807, 2.05) is 0 Å². The minimum absolute atomic E-state index is 0.829. The van der Waals surface area contributed by atoms with Gasteiger partial charge in [0, 0.05) is 30.8 Å². The van der Waals surface area contributed by atoms with Crippen LogP contribution in [-0.4, -0.2) is 20.6 Å². The van der Waals surface area contributed by atoms with Crippen molar-refractivity contribution < 1.29 is 0 Å². The zero-order valence-corrected chi connectivity index (χ0v) is 10.8. The van der Waals surface area contributed by atoms with E-state index in [2.05, 4.69) is 29.4 Å². The summed E-state index contributed by atoms with van der Waals surface area (Å²) in [7, 11) is 0. The first-order valence-electron chi connectivity index (χ1n) is 6.48. The molecule has 1 saturated heterocycles. The first kappa shape index (κ1) is 10.7. The lowest BCUT2D eigenvalue weighted by atomic mass is 10.0. The smallest absolute Gasteiger partial charge is 0.108 e. The van der Waals surface area contributed by atoms with Crippen LogP contribution in [0.15, 0.2) is 6.20 Å². The fourth-order valence-corrected chi connectivity index (χ4v) is 4.10. The zero-order valence-electron chi connectivity index (χ0n) is 9.98. The number of fused-ring (bicyclic) bond motifs is 1. The Morgan fingerprint density at radius 3 is 3.25 bits per heavy atom. The number of nitrogens with zero attached hydrogens (tertiary/aromatic N) is 2. The van der Waals surface area contributed by atoms with Crippen molar-refractivity contribution in [1.82, 2.24) is 9.55 Å². The van der Waals surface area contributed by atoms with Crippen LogP contribution in [0.4, 0.5) is 0 Å². The molecule has 3 heterocycles. The molecule has 0 saturated carbocycles. The number of imidazole rings is 1. The van der Waals surface area contributed by atoms with Crippen LogP contribution in [0.25, 0.3) is 0 Å². The second kappa shape index (κ2) is 4.44. The Hall–Kier alpha value is -0.440. The van der Waals surface area contributed by atoms with E-state index in [0.29, 0.717) is 0 Å². The molecule has 2 atom stereocenters. The summed E-state index contributed by atoms with van der Waals surface area (Å²) in [4.78, 5) is 4.80. The van der Waals surface area contributed by atoms with Crippen LogP contribution in [0.2, 0.25) is 0 Å². The lowest BCUT2D eigenvalue weighted by Gasteiger charge is -2.19. The Labute approximate surface area is 102 Å². The molecule has 0 aromatic carbocycles. The summed E-state index contributed by atoms with van der Waals surface area (Å²) in [5.41, 5.74) is 1.34. The molecule has 0 spiro atoms. The fourth-order valence-electron chi connectivity index (χ4n) is 2.81. The number of aromatic nitrogens is 2. The number of aryl methyl sites for hydroxylation is 1. The summed E-state index contributed by atoms with van der Waals surface area (Å²) in [5.74, 6) is 3.52. The maximum Gasteiger partial charge on any atom is 0.108 e. The average molecular weight is 236 g/mol. The molecule has 2 aliphatic heterocycles. The molecule has 3 rings (SSSR count). The van der Waals surface area contributed by atoms with E-state index in [9.17, 15) is 0 Å². The number of hydrogen-bond donors (Lipinski definition) is 0. The molecule has 0 radical (unpaired) electrons. The molecular weight excluding hydrogens is 216 g/mol. The summed E-state index contributed by atoms with van der Waals surface area (Å²) in [5, 5.41) is 0.842. The first-order chi connectivity index (χ1) is 7.81. The van der Waals surface area contributed by atoms with Gasteiger partial charge in [0.05, 0.1) is 5.69 Å². The Balaban J connectivity index is 1.71. The molecule has 0 amide bonds. The maximum absolute atomic E-state index is 4.80. The lowest BCUT2D eigenvalue weighted by molar-refractivity contribution is 0.394. The van der Waals surface area contributed by atoms with Crippen molar-refractivity contribution in [1.29, 1.82) is 0 Å². The minimum atomic E-state index is 0.829. The quantitative estimate of drug-likeness (QED) is 0.786. The third kappa shape index (κ3) is 2.15. The van der Waals surface area contributed by atoms with Gasteiger partial charge < -0.3 is 4.57 Å². The molecule has 0 bridgehead atoms. The number of thioether (sulfide) groups is 1. The molecule has 0 aliphatic carbocycles. The fraction of sp³-hybridized carbons (Fsp3) is 0.769. The van der Waals surface area contributed by atoms with Gasteiger partial charge in [-0.2, -0.15) is 11.8 Å². The molecule has 88 valence electrons. The monoisotopic (exact) mass is 236 g/mol. The zero-order chi connectivity index (χ0) is 11.0. The van der Waals surface area contributed by atoms with E-state index in [0.717, 1.165) is 11.2 Å². The van der Waals surface area contributed by atoms with Gasteiger partial charge >= 0.3 is 0 Å². The second-order valence-corrected chi connectivity index (χ2v) is 6.69. The van der Waals surface area contributed by atoms with Crippen molar-refractivity contribution in [2.75, 3.05) is 5.75 Å². The number of rotatable bonds is 2. The normalized spacial score (nSPS) is 29.3. The van der Waals surface area contributed by atoms with Gasteiger partial charge in [-0.05, 0) is 30.9 Å². The Bertz CT molecular complexity index is 366. The molecule has 2 unspecified atom stereocenters. The van der Waals surface area contributed by atoms with Crippen molar-refractivity contribution in [2.24, 2.45) is 5.92 Å². The molecule has 16 heavy (non-hydrogen) atoms. The van der Waals surface area contributed by atoms with E-state index >= 15 is 0 Å². The highest BCUT2D eigenvalue weighted by Gasteiger charge is 2.20. The molecule has 3 heteroatoms. The molecular formula is C13H20N2S. The minimum Gasteiger partial charge on any atom is -0.334 e. The largest absolute Gasteiger partial charge is 0.334 e. The van der Waals surface area contributed by atoms with E-state index < -0.39 is 0 Å². The maximum atomic E-state index is 4.80. The topological polar surface area (TPSA) is 17.8 Å². The van der Waals surface area contributed by atoms with Crippen molar-refractivity contribution in [3.63, 3.8) is 0 Å². The SMILES string of the molecule is CC1CCc2nc(CC3CCCS3)cn2C1. The van der Waals surface area contributed by atoms with Crippen LogP contribution in [0.1, 0.15) is 37.7 Å². The standard InChI is InChI=1S/C13H20N2S/c1-10-4-5-13-14-11(9-15(13)8-10)7-12-3-2-6-16-12/h9-10,12H,2-8H2,1H3. The highest BCUT2D eigenvalue weighted by atomic mass is 32.2. The van der Waals surface area contributed by atoms with Crippen LogP contribution < -0.4 is 0 Å². The molecule has 1 fully saturated rings. The van der Waals surface area contributed by atoms with Gasteiger partial charge in [-0.3, -0.25) is 0 Å². The summed E-state index contributed by atoms with van der Waals surface area (Å²) in [6, 6.07) is 0. The van der Waals surface area contributed by atoms with Gasteiger partial charge in [-0.1, -0.05) is 6.92 Å². The van der Waals surface area contributed by atoms with Crippen molar-refractivity contribution in [2.45, 2.75) is 50.8 Å². The first-order valence-corrected chi connectivity index (χ1v) is 7.52. The molecule has 2 nitrogen and oxygen atoms in total. The van der Waals surface area contributed by atoms with Crippen molar-refractivity contribution in [3.05, 3.63) is 17.7 Å².